The van der Waals surface area contributed by atoms with E-state index in [0.717, 1.165) is 11.3 Å². The SMILES string of the molecule is CC(=O)Nc1cc(C(C)N(C(=O)O)C(C)(C)C)cc(C)n1. The van der Waals surface area contributed by atoms with Gasteiger partial charge in [-0.1, -0.05) is 0 Å². The van der Waals surface area contributed by atoms with Crippen molar-refractivity contribution >= 4 is 17.8 Å². The van der Waals surface area contributed by atoms with E-state index in [1.54, 1.807) is 6.07 Å². The molecule has 2 N–H and O–H groups in total. The highest BCUT2D eigenvalue weighted by atomic mass is 16.4. The average Bonchev–Trinajstić information content (AvgIpc) is 2.24. The van der Waals surface area contributed by atoms with Crippen LogP contribution in [0.3, 0.4) is 0 Å². The zero-order valence-electron chi connectivity index (χ0n) is 13.4. The van der Waals surface area contributed by atoms with Crippen molar-refractivity contribution in [2.24, 2.45) is 0 Å². The first kappa shape index (κ1) is 16.9. The molecule has 6 nitrogen and oxygen atoms in total. The maximum absolute atomic E-state index is 11.5. The van der Waals surface area contributed by atoms with E-state index in [4.69, 9.17) is 0 Å². The zero-order chi connectivity index (χ0) is 16.4. The Kier molecular flexibility index (Phi) is 4.93. The molecule has 1 rings (SSSR count). The van der Waals surface area contributed by atoms with Gasteiger partial charge in [-0.25, -0.2) is 9.78 Å². The molecule has 0 aliphatic heterocycles. The fourth-order valence-electron chi connectivity index (χ4n) is 2.36. The first-order valence-corrected chi connectivity index (χ1v) is 6.81. The molecule has 0 aliphatic rings. The summed E-state index contributed by atoms with van der Waals surface area (Å²) in [5, 5.41) is 12.1. The predicted molar refractivity (Wildman–Crippen MR) is 81.3 cm³/mol. The highest BCUT2D eigenvalue weighted by molar-refractivity contribution is 5.87. The van der Waals surface area contributed by atoms with Gasteiger partial charge in [0.05, 0.1) is 6.04 Å². The molecule has 6 heteroatoms. The largest absolute Gasteiger partial charge is 0.465 e. The van der Waals surface area contributed by atoms with E-state index in [9.17, 15) is 14.7 Å². The van der Waals surface area contributed by atoms with Crippen LogP contribution in [0.1, 0.15) is 51.9 Å². The summed E-state index contributed by atoms with van der Waals surface area (Å²) in [5.74, 6) is 0.223. The minimum atomic E-state index is -0.981. The van der Waals surface area contributed by atoms with Gasteiger partial charge in [0.1, 0.15) is 5.82 Å². The summed E-state index contributed by atoms with van der Waals surface area (Å²) < 4.78 is 0. The minimum Gasteiger partial charge on any atom is -0.465 e. The number of nitrogens with one attached hydrogen (secondary N) is 1. The van der Waals surface area contributed by atoms with Gasteiger partial charge in [0.25, 0.3) is 0 Å². The quantitative estimate of drug-likeness (QED) is 0.896. The standard InChI is InChI=1S/C15H23N3O3/c1-9-7-12(8-13(16-9)17-11(3)19)10(2)18(14(20)21)15(4,5)6/h7-8,10H,1-6H3,(H,20,21)(H,16,17,19). The summed E-state index contributed by atoms with van der Waals surface area (Å²) >= 11 is 0. The highest BCUT2D eigenvalue weighted by Gasteiger charge is 2.31. The van der Waals surface area contributed by atoms with E-state index in [2.05, 4.69) is 10.3 Å². The topological polar surface area (TPSA) is 82.5 Å². The number of hydrogen-bond acceptors (Lipinski definition) is 3. The Balaban J connectivity index is 3.22. The molecular weight excluding hydrogens is 270 g/mol. The van der Waals surface area contributed by atoms with Crippen molar-refractivity contribution in [2.45, 2.75) is 53.1 Å². The first-order valence-electron chi connectivity index (χ1n) is 6.81. The van der Waals surface area contributed by atoms with Crippen molar-refractivity contribution in [3.05, 3.63) is 23.4 Å². The van der Waals surface area contributed by atoms with Crippen LogP contribution in [0.15, 0.2) is 12.1 Å². The van der Waals surface area contributed by atoms with Gasteiger partial charge >= 0.3 is 6.09 Å². The zero-order valence-corrected chi connectivity index (χ0v) is 13.4. The molecule has 0 aromatic carbocycles. The van der Waals surface area contributed by atoms with Crippen molar-refractivity contribution in [1.29, 1.82) is 0 Å². The number of rotatable bonds is 3. The average molecular weight is 293 g/mol. The summed E-state index contributed by atoms with van der Waals surface area (Å²) in [6, 6.07) is 3.19. The molecule has 1 unspecified atom stereocenters. The number of aromatic nitrogens is 1. The van der Waals surface area contributed by atoms with Gasteiger partial charge < -0.3 is 10.4 Å². The number of aryl methyl sites for hydroxylation is 1. The Morgan fingerprint density at radius 3 is 2.33 bits per heavy atom. The van der Waals surface area contributed by atoms with Gasteiger partial charge in [0.2, 0.25) is 5.91 Å². The van der Waals surface area contributed by atoms with E-state index < -0.39 is 11.6 Å². The van der Waals surface area contributed by atoms with Gasteiger partial charge in [-0.05, 0) is 52.3 Å². The smallest absolute Gasteiger partial charge is 0.408 e. The van der Waals surface area contributed by atoms with Crippen LogP contribution in [0.4, 0.5) is 10.6 Å². The molecule has 1 aromatic rings. The molecule has 0 saturated carbocycles. The molecule has 0 aliphatic carbocycles. The van der Waals surface area contributed by atoms with Crippen molar-refractivity contribution in [2.75, 3.05) is 5.32 Å². The molecule has 0 saturated heterocycles. The second kappa shape index (κ2) is 6.11. The summed E-state index contributed by atoms with van der Waals surface area (Å²) in [4.78, 5) is 28.3. The number of pyridine rings is 1. The molecule has 0 spiro atoms. The number of carboxylic acid groups (broad SMARTS) is 1. The fourth-order valence-corrected chi connectivity index (χ4v) is 2.36. The summed E-state index contributed by atoms with van der Waals surface area (Å²) in [7, 11) is 0. The van der Waals surface area contributed by atoms with Crippen LogP contribution in [0, 0.1) is 6.92 Å². The molecule has 1 heterocycles. The second-order valence-corrected chi connectivity index (χ2v) is 6.11. The Bertz CT molecular complexity index is 550. The monoisotopic (exact) mass is 293 g/mol. The molecule has 21 heavy (non-hydrogen) atoms. The van der Waals surface area contributed by atoms with Crippen LogP contribution < -0.4 is 5.32 Å². The minimum absolute atomic E-state index is 0.211. The lowest BCUT2D eigenvalue weighted by atomic mass is 9.99. The molecule has 1 atom stereocenters. The Morgan fingerprint density at radius 2 is 1.90 bits per heavy atom. The lowest BCUT2D eigenvalue weighted by Crippen LogP contribution is -2.46. The Labute approximate surface area is 125 Å². The number of carbonyl (C=O) groups is 2. The van der Waals surface area contributed by atoms with Crippen LogP contribution >= 0.6 is 0 Å². The summed E-state index contributed by atoms with van der Waals surface area (Å²) in [5.41, 5.74) is 0.988. The van der Waals surface area contributed by atoms with Crippen LogP contribution in [-0.2, 0) is 4.79 Å². The van der Waals surface area contributed by atoms with Crippen molar-refractivity contribution < 1.29 is 14.7 Å². The van der Waals surface area contributed by atoms with Gasteiger partial charge in [-0.3, -0.25) is 9.69 Å². The van der Waals surface area contributed by atoms with Gasteiger partial charge in [0, 0.05) is 18.2 Å². The maximum atomic E-state index is 11.5. The molecule has 1 aromatic heterocycles. The second-order valence-electron chi connectivity index (χ2n) is 6.11. The molecule has 0 fully saturated rings. The molecule has 0 bridgehead atoms. The third-order valence-electron chi connectivity index (χ3n) is 3.08. The molecule has 0 radical (unpaired) electrons. The van der Waals surface area contributed by atoms with Crippen molar-refractivity contribution in [1.82, 2.24) is 9.88 Å². The first-order chi connectivity index (χ1) is 9.52. The van der Waals surface area contributed by atoms with Gasteiger partial charge in [-0.2, -0.15) is 0 Å². The highest BCUT2D eigenvalue weighted by Crippen LogP contribution is 2.29. The number of nitrogens with zero attached hydrogens (tertiary/aromatic N) is 2. The third-order valence-corrected chi connectivity index (χ3v) is 3.08. The van der Waals surface area contributed by atoms with Crippen molar-refractivity contribution in [3.8, 4) is 0 Å². The normalized spacial score (nSPS) is 12.7. The number of hydrogen-bond donors (Lipinski definition) is 2. The number of amides is 2. The van der Waals surface area contributed by atoms with Gasteiger partial charge in [-0.15, -0.1) is 0 Å². The van der Waals surface area contributed by atoms with E-state index in [1.807, 2.05) is 40.7 Å². The fraction of sp³-hybridized carbons (Fsp3) is 0.533. The van der Waals surface area contributed by atoms with E-state index in [-0.39, 0.29) is 11.9 Å². The summed E-state index contributed by atoms with van der Waals surface area (Å²) in [6.07, 6.45) is -0.981. The lowest BCUT2D eigenvalue weighted by Gasteiger charge is -2.38. The Hall–Kier alpha value is -2.11. The van der Waals surface area contributed by atoms with E-state index in [1.165, 1.54) is 11.8 Å². The molecule has 116 valence electrons. The van der Waals surface area contributed by atoms with Crippen LogP contribution in [0.25, 0.3) is 0 Å². The van der Waals surface area contributed by atoms with Gasteiger partial charge in [0.15, 0.2) is 0 Å². The van der Waals surface area contributed by atoms with Crippen LogP contribution in [0.5, 0.6) is 0 Å². The number of anilines is 1. The van der Waals surface area contributed by atoms with Crippen LogP contribution in [0.2, 0.25) is 0 Å². The van der Waals surface area contributed by atoms with E-state index in [0.29, 0.717) is 5.82 Å². The Morgan fingerprint density at radius 1 is 1.33 bits per heavy atom. The third kappa shape index (κ3) is 4.44. The predicted octanol–water partition coefficient (Wildman–Crippen LogP) is 3.19. The summed E-state index contributed by atoms with van der Waals surface area (Å²) in [6.45, 7) is 10.6. The van der Waals surface area contributed by atoms with Crippen molar-refractivity contribution in [3.63, 3.8) is 0 Å². The molecular formula is C15H23N3O3. The maximum Gasteiger partial charge on any atom is 0.408 e. The van der Waals surface area contributed by atoms with Crippen LogP contribution in [-0.4, -0.2) is 32.5 Å². The van der Waals surface area contributed by atoms with E-state index >= 15 is 0 Å². The molecule has 2 amide bonds. The number of carbonyl (C=O) groups excluding carboxylic acids is 1. The lowest BCUT2D eigenvalue weighted by molar-refractivity contribution is -0.114.